The van der Waals surface area contributed by atoms with Gasteiger partial charge in [-0.25, -0.2) is 4.98 Å². The van der Waals surface area contributed by atoms with Crippen molar-refractivity contribution < 1.29 is 9.53 Å². The SMILES string of the molecule is O=C1CCCN1CCn1cnc2c(Nc3ccccc3)nc(N3CCC(N4CCOCC4)CC3)nc21. The van der Waals surface area contributed by atoms with Gasteiger partial charge in [0, 0.05) is 64.0 Å². The Morgan fingerprint density at radius 3 is 2.53 bits per heavy atom. The van der Waals surface area contributed by atoms with Crippen molar-refractivity contribution in [1.82, 2.24) is 29.3 Å². The van der Waals surface area contributed by atoms with Gasteiger partial charge < -0.3 is 24.4 Å². The van der Waals surface area contributed by atoms with E-state index in [0.717, 1.165) is 88.0 Å². The molecular weight excluding hydrogens is 456 g/mol. The van der Waals surface area contributed by atoms with Crippen molar-refractivity contribution in [3.05, 3.63) is 36.7 Å². The van der Waals surface area contributed by atoms with Crippen molar-refractivity contribution in [3.63, 3.8) is 0 Å². The predicted molar refractivity (Wildman–Crippen MR) is 138 cm³/mol. The molecule has 3 fully saturated rings. The second-order valence-electron chi connectivity index (χ2n) is 9.82. The van der Waals surface area contributed by atoms with Crippen molar-refractivity contribution in [3.8, 4) is 0 Å². The summed E-state index contributed by atoms with van der Waals surface area (Å²) in [5.41, 5.74) is 2.52. The van der Waals surface area contributed by atoms with Crippen LogP contribution in [0.15, 0.2) is 36.7 Å². The minimum absolute atomic E-state index is 0.240. The molecule has 0 radical (unpaired) electrons. The molecule has 0 atom stereocenters. The normalized spacial score (nSPS) is 19.9. The van der Waals surface area contributed by atoms with E-state index in [1.807, 2.05) is 41.6 Å². The largest absolute Gasteiger partial charge is 0.379 e. The number of nitrogens with one attached hydrogen (secondary N) is 1. The molecule has 0 bridgehead atoms. The Balaban J connectivity index is 1.25. The number of rotatable bonds is 7. The van der Waals surface area contributed by atoms with E-state index < -0.39 is 0 Å². The molecule has 2 aromatic heterocycles. The highest BCUT2D eigenvalue weighted by Gasteiger charge is 2.28. The number of anilines is 3. The van der Waals surface area contributed by atoms with Crippen LogP contribution in [-0.4, -0.2) is 93.8 Å². The first-order valence-corrected chi connectivity index (χ1v) is 13.1. The summed E-state index contributed by atoms with van der Waals surface area (Å²) >= 11 is 0. The number of carbonyl (C=O) groups is 1. The van der Waals surface area contributed by atoms with Gasteiger partial charge >= 0.3 is 0 Å². The van der Waals surface area contributed by atoms with Crippen molar-refractivity contribution in [2.24, 2.45) is 0 Å². The number of morpholine rings is 1. The van der Waals surface area contributed by atoms with Gasteiger partial charge in [0.2, 0.25) is 11.9 Å². The third-order valence-electron chi connectivity index (χ3n) is 7.58. The fourth-order valence-electron chi connectivity index (χ4n) is 5.53. The number of ether oxygens (including phenoxy) is 1. The number of likely N-dealkylation sites (tertiary alicyclic amines) is 1. The summed E-state index contributed by atoms with van der Waals surface area (Å²) < 4.78 is 7.59. The summed E-state index contributed by atoms with van der Waals surface area (Å²) in [6.07, 6.45) is 5.62. The number of fused-ring (bicyclic) bond motifs is 1. The number of para-hydroxylation sites is 1. The lowest BCUT2D eigenvalue weighted by Gasteiger charge is -2.40. The molecule has 0 spiro atoms. The lowest BCUT2D eigenvalue weighted by atomic mass is 10.0. The molecule has 0 aliphatic carbocycles. The number of aromatic nitrogens is 4. The van der Waals surface area contributed by atoms with Crippen LogP contribution >= 0.6 is 0 Å². The highest BCUT2D eigenvalue weighted by Crippen LogP contribution is 2.28. The van der Waals surface area contributed by atoms with Crippen LogP contribution in [0.5, 0.6) is 0 Å². The fraction of sp³-hybridized carbons (Fsp3) is 0.538. The molecule has 1 aromatic carbocycles. The molecule has 0 saturated carbocycles. The monoisotopic (exact) mass is 490 g/mol. The maximum absolute atomic E-state index is 12.1. The van der Waals surface area contributed by atoms with Gasteiger partial charge in [0.15, 0.2) is 17.0 Å². The van der Waals surface area contributed by atoms with E-state index in [-0.39, 0.29) is 5.91 Å². The van der Waals surface area contributed by atoms with Crippen LogP contribution in [0.2, 0.25) is 0 Å². The van der Waals surface area contributed by atoms with Gasteiger partial charge in [-0.15, -0.1) is 0 Å². The standard InChI is InChI=1S/C26H34N8O2/c35-22-7-4-10-32(22)13-14-34-19-27-23-24(28-20-5-2-1-3-6-20)29-26(30-25(23)34)33-11-8-21(9-12-33)31-15-17-36-18-16-31/h1-3,5-6,19,21H,4,7-18H2,(H,28,29,30). The summed E-state index contributed by atoms with van der Waals surface area (Å²) in [7, 11) is 0. The molecule has 1 amide bonds. The first-order chi connectivity index (χ1) is 17.7. The van der Waals surface area contributed by atoms with Gasteiger partial charge in [-0.05, 0) is 31.4 Å². The molecule has 10 nitrogen and oxygen atoms in total. The molecule has 3 saturated heterocycles. The lowest BCUT2D eigenvalue weighted by molar-refractivity contribution is -0.127. The zero-order valence-electron chi connectivity index (χ0n) is 20.7. The molecule has 1 N–H and O–H groups in total. The fourth-order valence-corrected chi connectivity index (χ4v) is 5.53. The Bertz CT molecular complexity index is 1190. The minimum atomic E-state index is 0.240. The van der Waals surface area contributed by atoms with E-state index in [9.17, 15) is 4.79 Å². The molecule has 5 heterocycles. The molecule has 10 heteroatoms. The summed E-state index contributed by atoms with van der Waals surface area (Å²) in [6, 6.07) is 10.7. The number of piperidine rings is 1. The number of benzene rings is 1. The van der Waals surface area contributed by atoms with Gasteiger partial charge in [-0.3, -0.25) is 9.69 Å². The van der Waals surface area contributed by atoms with E-state index in [1.165, 1.54) is 0 Å². The van der Waals surface area contributed by atoms with Crippen molar-refractivity contribution in [2.75, 3.05) is 62.7 Å². The Morgan fingerprint density at radius 2 is 1.78 bits per heavy atom. The quantitative estimate of drug-likeness (QED) is 0.540. The number of imidazole rings is 1. The second-order valence-corrected chi connectivity index (χ2v) is 9.82. The third-order valence-corrected chi connectivity index (χ3v) is 7.58. The highest BCUT2D eigenvalue weighted by atomic mass is 16.5. The molecule has 190 valence electrons. The molecule has 3 aromatic rings. The lowest BCUT2D eigenvalue weighted by Crippen LogP contribution is -2.49. The van der Waals surface area contributed by atoms with E-state index >= 15 is 0 Å². The van der Waals surface area contributed by atoms with Crippen molar-refractivity contribution >= 4 is 34.5 Å². The number of nitrogens with zero attached hydrogens (tertiary/aromatic N) is 7. The number of carbonyl (C=O) groups excluding carboxylic acids is 1. The average Bonchev–Trinajstić information content (AvgIpc) is 3.54. The highest BCUT2D eigenvalue weighted by molar-refractivity contribution is 5.86. The van der Waals surface area contributed by atoms with Crippen molar-refractivity contribution in [1.29, 1.82) is 0 Å². The van der Waals surface area contributed by atoms with Gasteiger partial charge in [-0.2, -0.15) is 9.97 Å². The Hall–Kier alpha value is -3.24. The molecular formula is C26H34N8O2. The number of amides is 1. The zero-order chi connectivity index (χ0) is 24.3. The smallest absolute Gasteiger partial charge is 0.229 e. The maximum atomic E-state index is 12.1. The van der Waals surface area contributed by atoms with Crippen LogP contribution in [0.25, 0.3) is 11.2 Å². The molecule has 3 aliphatic heterocycles. The van der Waals surface area contributed by atoms with Crippen LogP contribution in [0.4, 0.5) is 17.5 Å². The maximum Gasteiger partial charge on any atom is 0.229 e. The second kappa shape index (κ2) is 10.4. The van der Waals surface area contributed by atoms with Crippen LogP contribution in [0.1, 0.15) is 25.7 Å². The van der Waals surface area contributed by atoms with E-state index in [4.69, 9.17) is 14.7 Å². The average molecular weight is 491 g/mol. The Morgan fingerprint density at radius 1 is 0.972 bits per heavy atom. The molecule has 6 rings (SSSR count). The Labute approximate surface area is 211 Å². The minimum Gasteiger partial charge on any atom is -0.379 e. The first kappa shape index (κ1) is 23.2. The first-order valence-electron chi connectivity index (χ1n) is 13.1. The van der Waals surface area contributed by atoms with E-state index in [2.05, 4.69) is 24.7 Å². The van der Waals surface area contributed by atoms with Crippen LogP contribution in [0, 0.1) is 0 Å². The van der Waals surface area contributed by atoms with Gasteiger partial charge in [0.1, 0.15) is 0 Å². The van der Waals surface area contributed by atoms with Crippen LogP contribution in [0.3, 0.4) is 0 Å². The van der Waals surface area contributed by atoms with Gasteiger partial charge in [-0.1, -0.05) is 18.2 Å². The predicted octanol–water partition coefficient (Wildman–Crippen LogP) is 2.49. The summed E-state index contributed by atoms with van der Waals surface area (Å²) in [5, 5.41) is 3.46. The molecule has 3 aliphatic rings. The number of hydrogen-bond acceptors (Lipinski definition) is 8. The number of hydrogen-bond donors (Lipinski definition) is 1. The zero-order valence-corrected chi connectivity index (χ0v) is 20.7. The van der Waals surface area contributed by atoms with E-state index in [0.29, 0.717) is 31.4 Å². The van der Waals surface area contributed by atoms with Crippen molar-refractivity contribution in [2.45, 2.75) is 38.3 Å². The Kier molecular flexibility index (Phi) is 6.69. The third kappa shape index (κ3) is 4.87. The van der Waals surface area contributed by atoms with Gasteiger partial charge in [0.25, 0.3) is 0 Å². The molecule has 36 heavy (non-hydrogen) atoms. The van der Waals surface area contributed by atoms with Crippen LogP contribution < -0.4 is 10.2 Å². The van der Waals surface area contributed by atoms with Crippen LogP contribution in [-0.2, 0) is 16.1 Å². The summed E-state index contributed by atoms with van der Waals surface area (Å²) in [4.78, 5) is 33.5. The summed E-state index contributed by atoms with van der Waals surface area (Å²) in [5.74, 6) is 1.69. The molecule has 0 unspecified atom stereocenters. The topological polar surface area (TPSA) is 91.7 Å². The summed E-state index contributed by atoms with van der Waals surface area (Å²) in [6.45, 7) is 7.75. The van der Waals surface area contributed by atoms with E-state index in [1.54, 1.807) is 0 Å². The van der Waals surface area contributed by atoms with Gasteiger partial charge in [0.05, 0.1) is 19.5 Å².